The zero-order valence-corrected chi connectivity index (χ0v) is 13.1. The number of nitrogens with one attached hydrogen (secondary N) is 1. The van der Waals surface area contributed by atoms with Gasteiger partial charge in [-0.1, -0.05) is 57.8 Å². The minimum Gasteiger partial charge on any atom is -0.308 e. The molecular formula is C17H31N3. The summed E-state index contributed by atoms with van der Waals surface area (Å²) >= 11 is 0. The molecular weight excluding hydrogens is 246 g/mol. The third-order valence-corrected chi connectivity index (χ3v) is 4.60. The van der Waals surface area contributed by atoms with Crippen molar-refractivity contribution in [3.8, 4) is 0 Å². The first-order chi connectivity index (χ1) is 9.86. The number of hydrogen-bond donors (Lipinski definition) is 1. The molecule has 0 bridgehead atoms. The molecule has 0 amide bonds. The summed E-state index contributed by atoms with van der Waals surface area (Å²) in [6.07, 6.45) is 17.4. The second-order valence-electron chi connectivity index (χ2n) is 6.28. The average molecular weight is 277 g/mol. The summed E-state index contributed by atoms with van der Waals surface area (Å²) in [5.74, 6) is 0. The second-order valence-corrected chi connectivity index (χ2v) is 6.28. The van der Waals surface area contributed by atoms with Crippen molar-refractivity contribution in [1.29, 1.82) is 0 Å². The SMILES string of the molecule is Cn1nccc1CNC1CCCCCCCCCCC1. The number of aryl methyl sites for hydroxylation is 1. The van der Waals surface area contributed by atoms with Gasteiger partial charge in [0.15, 0.2) is 0 Å². The minimum atomic E-state index is 0.698. The first-order valence-electron chi connectivity index (χ1n) is 8.56. The Morgan fingerprint density at radius 3 is 2.05 bits per heavy atom. The van der Waals surface area contributed by atoms with E-state index < -0.39 is 0 Å². The van der Waals surface area contributed by atoms with Crippen LogP contribution in [0.4, 0.5) is 0 Å². The molecule has 20 heavy (non-hydrogen) atoms. The van der Waals surface area contributed by atoms with Crippen LogP contribution in [-0.4, -0.2) is 15.8 Å². The Kier molecular flexibility index (Phi) is 7.13. The average Bonchev–Trinajstić information content (AvgIpc) is 2.84. The Balaban J connectivity index is 1.75. The maximum Gasteiger partial charge on any atom is 0.0518 e. The third-order valence-electron chi connectivity index (χ3n) is 4.60. The summed E-state index contributed by atoms with van der Waals surface area (Å²) in [6, 6.07) is 2.81. The van der Waals surface area contributed by atoms with Gasteiger partial charge in [-0.05, 0) is 18.9 Å². The summed E-state index contributed by atoms with van der Waals surface area (Å²) in [6.45, 7) is 0.959. The van der Waals surface area contributed by atoms with Crippen molar-refractivity contribution in [2.24, 2.45) is 7.05 Å². The van der Waals surface area contributed by atoms with Crippen LogP contribution in [0.1, 0.15) is 76.3 Å². The van der Waals surface area contributed by atoms with Gasteiger partial charge in [-0.2, -0.15) is 5.10 Å². The molecule has 1 N–H and O–H groups in total. The van der Waals surface area contributed by atoms with Crippen molar-refractivity contribution >= 4 is 0 Å². The molecule has 1 aliphatic rings. The fourth-order valence-electron chi connectivity index (χ4n) is 3.19. The molecule has 1 aromatic rings. The Bertz CT molecular complexity index is 347. The Labute approximate surface area is 124 Å². The smallest absolute Gasteiger partial charge is 0.0518 e. The van der Waals surface area contributed by atoms with Crippen LogP contribution in [0.15, 0.2) is 12.3 Å². The molecule has 1 heterocycles. The maximum atomic E-state index is 4.24. The van der Waals surface area contributed by atoms with E-state index in [0.717, 1.165) is 6.54 Å². The van der Waals surface area contributed by atoms with Gasteiger partial charge < -0.3 is 5.32 Å². The molecule has 3 heteroatoms. The molecule has 2 rings (SSSR count). The van der Waals surface area contributed by atoms with Gasteiger partial charge in [0.05, 0.1) is 5.69 Å². The van der Waals surface area contributed by atoms with Crippen molar-refractivity contribution in [2.45, 2.75) is 83.2 Å². The molecule has 3 nitrogen and oxygen atoms in total. The van der Waals surface area contributed by atoms with E-state index in [9.17, 15) is 0 Å². The van der Waals surface area contributed by atoms with Gasteiger partial charge in [0.1, 0.15) is 0 Å². The van der Waals surface area contributed by atoms with E-state index in [2.05, 4.69) is 16.5 Å². The molecule has 1 aliphatic carbocycles. The van der Waals surface area contributed by atoms with Crippen LogP contribution < -0.4 is 5.32 Å². The summed E-state index contributed by atoms with van der Waals surface area (Å²) in [7, 11) is 2.03. The van der Waals surface area contributed by atoms with Crippen LogP contribution in [0.2, 0.25) is 0 Å². The van der Waals surface area contributed by atoms with E-state index in [1.807, 2.05) is 17.9 Å². The van der Waals surface area contributed by atoms with Crippen LogP contribution in [0.5, 0.6) is 0 Å². The predicted octanol–water partition coefficient (Wildman–Crippen LogP) is 4.18. The van der Waals surface area contributed by atoms with Crippen molar-refractivity contribution in [3.05, 3.63) is 18.0 Å². The molecule has 0 aromatic carbocycles. The van der Waals surface area contributed by atoms with Crippen LogP contribution in [0.3, 0.4) is 0 Å². The first kappa shape index (κ1) is 15.6. The fraction of sp³-hybridized carbons (Fsp3) is 0.824. The highest BCUT2D eigenvalue weighted by Crippen LogP contribution is 2.17. The van der Waals surface area contributed by atoms with E-state index in [4.69, 9.17) is 0 Å². The van der Waals surface area contributed by atoms with Crippen molar-refractivity contribution in [1.82, 2.24) is 15.1 Å². The number of rotatable bonds is 3. The van der Waals surface area contributed by atoms with Gasteiger partial charge in [0.2, 0.25) is 0 Å². The lowest BCUT2D eigenvalue weighted by atomic mass is 9.98. The van der Waals surface area contributed by atoms with Gasteiger partial charge in [-0.15, -0.1) is 0 Å². The van der Waals surface area contributed by atoms with Crippen LogP contribution >= 0.6 is 0 Å². The van der Waals surface area contributed by atoms with Crippen LogP contribution in [-0.2, 0) is 13.6 Å². The lowest BCUT2D eigenvalue weighted by Crippen LogP contribution is -2.29. The normalized spacial score (nSPS) is 20.2. The maximum absolute atomic E-state index is 4.24. The minimum absolute atomic E-state index is 0.698. The van der Waals surface area contributed by atoms with E-state index in [1.54, 1.807) is 0 Å². The summed E-state index contributed by atoms with van der Waals surface area (Å²) in [4.78, 5) is 0. The molecule has 0 unspecified atom stereocenters. The Hall–Kier alpha value is -0.830. The van der Waals surface area contributed by atoms with Crippen molar-refractivity contribution < 1.29 is 0 Å². The molecule has 0 saturated heterocycles. The van der Waals surface area contributed by atoms with Gasteiger partial charge in [-0.3, -0.25) is 4.68 Å². The molecule has 0 spiro atoms. The zero-order chi connectivity index (χ0) is 14.0. The predicted molar refractivity (Wildman–Crippen MR) is 84.6 cm³/mol. The lowest BCUT2D eigenvalue weighted by Gasteiger charge is -2.19. The number of hydrogen-bond acceptors (Lipinski definition) is 2. The number of aromatic nitrogens is 2. The largest absolute Gasteiger partial charge is 0.308 e. The Morgan fingerprint density at radius 1 is 1.00 bits per heavy atom. The topological polar surface area (TPSA) is 29.9 Å². The highest BCUT2D eigenvalue weighted by Gasteiger charge is 2.09. The Morgan fingerprint density at radius 2 is 1.55 bits per heavy atom. The van der Waals surface area contributed by atoms with Gasteiger partial charge in [0.25, 0.3) is 0 Å². The summed E-state index contributed by atoms with van der Waals surface area (Å²) < 4.78 is 1.97. The molecule has 0 atom stereocenters. The van der Waals surface area contributed by atoms with Crippen LogP contribution in [0, 0.1) is 0 Å². The standard InChI is InChI=1S/C17H31N3/c1-20-17(13-14-19-20)15-18-16-11-9-7-5-3-2-4-6-8-10-12-16/h13-14,16,18H,2-12,15H2,1H3. The third kappa shape index (κ3) is 5.66. The molecule has 114 valence electrons. The van der Waals surface area contributed by atoms with E-state index in [0.29, 0.717) is 6.04 Å². The van der Waals surface area contributed by atoms with Gasteiger partial charge in [-0.25, -0.2) is 0 Å². The van der Waals surface area contributed by atoms with E-state index >= 15 is 0 Å². The summed E-state index contributed by atoms with van der Waals surface area (Å²) in [5.41, 5.74) is 1.29. The van der Waals surface area contributed by atoms with Crippen molar-refractivity contribution in [3.63, 3.8) is 0 Å². The molecule has 0 radical (unpaired) electrons. The number of nitrogens with zero attached hydrogens (tertiary/aromatic N) is 2. The second kappa shape index (κ2) is 9.17. The van der Waals surface area contributed by atoms with Gasteiger partial charge in [0, 0.05) is 25.8 Å². The van der Waals surface area contributed by atoms with Crippen LogP contribution in [0.25, 0.3) is 0 Å². The summed E-state index contributed by atoms with van der Waals surface area (Å²) in [5, 5.41) is 8.00. The molecule has 0 aliphatic heterocycles. The molecule has 1 aromatic heterocycles. The monoisotopic (exact) mass is 277 g/mol. The quantitative estimate of drug-likeness (QED) is 0.898. The zero-order valence-electron chi connectivity index (χ0n) is 13.1. The fourth-order valence-corrected chi connectivity index (χ4v) is 3.19. The molecule has 1 saturated carbocycles. The van der Waals surface area contributed by atoms with E-state index in [1.165, 1.54) is 76.3 Å². The van der Waals surface area contributed by atoms with Gasteiger partial charge >= 0.3 is 0 Å². The molecule has 1 fully saturated rings. The highest BCUT2D eigenvalue weighted by atomic mass is 15.3. The first-order valence-corrected chi connectivity index (χ1v) is 8.56. The van der Waals surface area contributed by atoms with E-state index in [-0.39, 0.29) is 0 Å². The van der Waals surface area contributed by atoms with Crippen molar-refractivity contribution in [2.75, 3.05) is 0 Å². The lowest BCUT2D eigenvalue weighted by molar-refractivity contribution is 0.398. The highest BCUT2D eigenvalue weighted by molar-refractivity contribution is 4.99.